The number of benzene rings is 2. The van der Waals surface area contributed by atoms with E-state index in [4.69, 9.17) is 9.84 Å². The zero-order valence-electron chi connectivity index (χ0n) is 15.3. The van der Waals surface area contributed by atoms with E-state index in [0.717, 1.165) is 22.3 Å². The standard InChI is InChI=1S/C21H21NO6/c1-21(19(25)26,10-18(23)24)12-22-20(27)28-11-17-15-8-4-2-6-13(15)14-7-3-5-9-16(14)17/h2-9,17H,10-12H2,1H3,(H,22,27)(H,23,24)(H,25,26). The first-order valence-electron chi connectivity index (χ1n) is 8.86. The number of amides is 1. The van der Waals surface area contributed by atoms with E-state index >= 15 is 0 Å². The minimum absolute atomic E-state index is 0.0998. The van der Waals surface area contributed by atoms with Crippen LogP contribution in [-0.2, 0) is 14.3 Å². The second-order valence-corrected chi connectivity index (χ2v) is 7.12. The molecule has 1 aliphatic rings. The van der Waals surface area contributed by atoms with Crippen molar-refractivity contribution < 1.29 is 29.3 Å². The maximum atomic E-state index is 12.1. The van der Waals surface area contributed by atoms with Crippen LogP contribution in [0.4, 0.5) is 4.79 Å². The number of ether oxygens (including phenoxy) is 1. The highest BCUT2D eigenvalue weighted by Crippen LogP contribution is 2.44. The number of alkyl carbamates (subject to hydrolysis) is 1. The zero-order valence-corrected chi connectivity index (χ0v) is 15.3. The molecule has 0 aromatic heterocycles. The third-order valence-corrected chi connectivity index (χ3v) is 5.02. The highest BCUT2D eigenvalue weighted by atomic mass is 16.5. The van der Waals surface area contributed by atoms with Gasteiger partial charge in [0.1, 0.15) is 6.61 Å². The summed E-state index contributed by atoms with van der Waals surface area (Å²) in [4.78, 5) is 34.4. The number of nitrogens with one attached hydrogen (secondary N) is 1. The van der Waals surface area contributed by atoms with Gasteiger partial charge in [0.2, 0.25) is 0 Å². The first kappa shape index (κ1) is 19.4. The molecule has 2 aromatic carbocycles. The van der Waals surface area contributed by atoms with Crippen LogP contribution in [0.25, 0.3) is 11.1 Å². The molecule has 1 aliphatic carbocycles. The van der Waals surface area contributed by atoms with Gasteiger partial charge >= 0.3 is 18.0 Å². The fraction of sp³-hybridized carbons (Fsp3) is 0.286. The van der Waals surface area contributed by atoms with Gasteiger partial charge in [0, 0.05) is 12.5 Å². The molecule has 0 saturated heterocycles. The van der Waals surface area contributed by atoms with Crippen molar-refractivity contribution in [3.63, 3.8) is 0 Å². The van der Waals surface area contributed by atoms with E-state index in [0.29, 0.717) is 0 Å². The number of hydrogen-bond donors (Lipinski definition) is 3. The average Bonchev–Trinajstić information content (AvgIpc) is 2.98. The van der Waals surface area contributed by atoms with Crippen LogP contribution in [0.5, 0.6) is 0 Å². The summed E-state index contributed by atoms with van der Waals surface area (Å²) in [5, 5.41) is 20.5. The van der Waals surface area contributed by atoms with Crippen LogP contribution in [0.15, 0.2) is 48.5 Å². The lowest BCUT2D eigenvalue weighted by molar-refractivity contribution is -0.154. The summed E-state index contributed by atoms with van der Waals surface area (Å²) in [7, 11) is 0. The van der Waals surface area contributed by atoms with Crippen molar-refractivity contribution in [1.82, 2.24) is 5.32 Å². The summed E-state index contributed by atoms with van der Waals surface area (Å²) in [6.07, 6.45) is -1.38. The van der Waals surface area contributed by atoms with E-state index in [1.165, 1.54) is 6.92 Å². The molecule has 0 heterocycles. The van der Waals surface area contributed by atoms with E-state index in [-0.39, 0.29) is 19.1 Å². The minimum Gasteiger partial charge on any atom is -0.481 e. The monoisotopic (exact) mass is 383 g/mol. The van der Waals surface area contributed by atoms with E-state index < -0.39 is 29.9 Å². The van der Waals surface area contributed by atoms with Gasteiger partial charge in [-0.25, -0.2) is 4.79 Å². The molecule has 7 heteroatoms. The van der Waals surface area contributed by atoms with Gasteiger partial charge < -0.3 is 20.3 Å². The Morgan fingerprint density at radius 1 is 1.00 bits per heavy atom. The maximum Gasteiger partial charge on any atom is 0.407 e. The summed E-state index contributed by atoms with van der Waals surface area (Å²) in [5.74, 6) is -2.66. The highest BCUT2D eigenvalue weighted by molar-refractivity contribution is 5.82. The topological polar surface area (TPSA) is 113 Å². The summed E-state index contributed by atoms with van der Waals surface area (Å²) in [6.45, 7) is 1.03. The van der Waals surface area contributed by atoms with Crippen LogP contribution in [-0.4, -0.2) is 41.4 Å². The lowest BCUT2D eigenvalue weighted by Gasteiger charge is -2.23. The van der Waals surface area contributed by atoms with Crippen molar-refractivity contribution in [2.75, 3.05) is 13.2 Å². The van der Waals surface area contributed by atoms with E-state index in [1.807, 2.05) is 48.5 Å². The average molecular weight is 383 g/mol. The molecule has 28 heavy (non-hydrogen) atoms. The number of fused-ring (bicyclic) bond motifs is 3. The number of carboxylic acid groups (broad SMARTS) is 2. The van der Waals surface area contributed by atoms with Gasteiger partial charge in [-0.2, -0.15) is 0 Å². The van der Waals surface area contributed by atoms with Crippen LogP contribution < -0.4 is 5.32 Å². The van der Waals surface area contributed by atoms with E-state index in [1.54, 1.807) is 0 Å². The molecule has 1 amide bonds. The van der Waals surface area contributed by atoms with Crippen molar-refractivity contribution in [2.45, 2.75) is 19.3 Å². The van der Waals surface area contributed by atoms with Crippen molar-refractivity contribution in [3.8, 4) is 11.1 Å². The molecule has 0 fully saturated rings. The van der Waals surface area contributed by atoms with Crippen LogP contribution >= 0.6 is 0 Å². The largest absolute Gasteiger partial charge is 0.481 e. The summed E-state index contributed by atoms with van der Waals surface area (Å²) in [6, 6.07) is 15.8. The van der Waals surface area contributed by atoms with Gasteiger partial charge in [-0.1, -0.05) is 48.5 Å². The van der Waals surface area contributed by atoms with Gasteiger partial charge in [0.15, 0.2) is 0 Å². The Kier molecular flexibility index (Phi) is 5.35. The van der Waals surface area contributed by atoms with Crippen LogP contribution in [0, 0.1) is 5.41 Å². The molecule has 1 atom stereocenters. The molecule has 7 nitrogen and oxygen atoms in total. The van der Waals surface area contributed by atoms with Crippen LogP contribution in [0.1, 0.15) is 30.4 Å². The van der Waals surface area contributed by atoms with Gasteiger partial charge in [0.25, 0.3) is 0 Å². The van der Waals surface area contributed by atoms with Gasteiger partial charge in [0.05, 0.1) is 11.8 Å². The second kappa shape index (κ2) is 7.72. The predicted octanol–water partition coefficient (Wildman–Crippen LogP) is 3.09. The van der Waals surface area contributed by atoms with Crippen molar-refractivity contribution in [1.29, 1.82) is 0 Å². The van der Waals surface area contributed by atoms with Crippen LogP contribution in [0.2, 0.25) is 0 Å². The van der Waals surface area contributed by atoms with E-state index in [2.05, 4.69) is 5.32 Å². The molecule has 0 spiro atoms. The number of hydrogen-bond acceptors (Lipinski definition) is 4. The van der Waals surface area contributed by atoms with E-state index in [9.17, 15) is 19.5 Å². The van der Waals surface area contributed by atoms with Crippen molar-refractivity contribution in [2.24, 2.45) is 5.41 Å². The summed E-state index contributed by atoms with van der Waals surface area (Å²) < 4.78 is 5.33. The molecule has 3 rings (SSSR count). The summed E-state index contributed by atoms with van der Waals surface area (Å²) >= 11 is 0. The SMILES string of the molecule is CC(CNC(=O)OCC1c2ccccc2-c2ccccc21)(CC(=O)O)C(=O)O. The number of carbonyl (C=O) groups excluding carboxylic acids is 1. The molecule has 3 N–H and O–H groups in total. The van der Waals surface area contributed by atoms with Gasteiger partial charge in [-0.05, 0) is 29.2 Å². The van der Waals surface area contributed by atoms with Crippen LogP contribution in [0.3, 0.4) is 0 Å². The minimum atomic E-state index is -1.61. The molecule has 2 aromatic rings. The lowest BCUT2D eigenvalue weighted by Crippen LogP contribution is -2.42. The molecule has 1 unspecified atom stereocenters. The Hall–Kier alpha value is -3.35. The third kappa shape index (κ3) is 3.83. The summed E-state index contributed by atoms with van der Waals surface area (Å²) in [5.41, 5.74) is 2.73. The number of aliphatic carboxylic acids is 2. The molecule has 146 valence electrons. The number of rotatable bonds is 7. The second-order valence-electron chi connectivity index (χ2n) is 7.12. The molecular weight excluding hydrogens is 362 g/mol. The smallest absolute Gasteiger partial charge is 0.407 e. The molecule has 0 radical (unpaired) electrons. The fourth-order valence-corrected chi connectivity index (χ4v) is 3.46. The number of carboxylic acids is 2. The lowest BCUT2D eigenvalue weighted by atomic mass is 9.87. The fourth-order valence-electron chi connectivity index (χ4n) is 3.46. The molecule has 0 saturated carbocycles. The zero-order chi connectivity index (χ0) is 20.3. The molecule has 0 bridgehead atoms. The first-order chi connectivity index (χ1) is 13.3. The number of carbonyl (C=O) groups is 3. The molecule has 0 aliphatic heterocycles. The Labute approximate surface area is 162 Å². The Balaban J connectivity index is 1.65. The van der Waals surface area contributed by atoms with Crippen molar-refractivity contribution in [3.05, 3.63) is 59.7 Å². The Bertz CT molecular complexity index is 879. The Morgan fingerprint density at radius 3 is 2.04 bits per heavy atom. The molecular formula is C21H21NO6. The normalized spacial score (nSPS) is 14.5. The van der Waals surface area contributed by atoms with Gasteiger partial charge in [-0.15, -0.1) is 0 Å². The highest BCUT2D eigenvalue weighted by Gasteiger charge is 2.36. The maximum absolute atomic E-state index is 12.1. The third-order valence-electron chi connectivity index (χ3n) is 5.02. The predicted molar refractivity (Wildman–Crippen MR) is 101 cm³/mol. The van der Waals surface area contributed by atoms with Crippen molar-refractivity contribution >= 4 is 18.0 Å². The first-order valence-corrected chi connectivity index (χ1v) is 8.86. The van der Waals surface area contributed by atoms with Gasteiger partial charge in [-0.3, -0.25) is 9.59 Å². The quantitative estimate of drug-likeness (QED) is 0.677. The Morgan fingerprint density at radius 2 is 1.54 bits per heavy atom.